The van der Waals surface area contributed by atoms with Crippen LogP contribution in [0.1, 0.15) is 19.0 Å². The van der Waals surface area contributed by atoms with Gasteiger partial charge in [0.15, 0.2) is 5.12 Å². The maximum absolute atomic E-state index is 12.0. The van der Waals surface area contributed by atoms with Crippen LogP contribution >= 0.6 is 11.8 Å². The lowest BCUT2D eigenvalue weighted by molar-refractivity contribution is -0.117. The van der Waals surface area contributed by atoms with Gasteiger partial charge in [-0.1, -0.05) is 17.8 Å². The van der Waals surface area contributed by atoms with E-state index in [-0.39, 0.29) is 23.5 Å². The molecule has 2 rings (SSSR count). The van der Waals surface area contributed by atoms with Gasteiger partial charge in [-0.05, 0) is 18.1 Å². The second-order valence-corrected chi connectivity index (χ2v) is 5.72. The number of aromatic nitrogens is 1. The van der Waals surface area contributed by atoms with Crippen molar-refractivity contribution in [3.63, 3.8) is 0 Å². The van der Waals surface area contributed by atoms with Gasteiger partial charge in [-0.3, -0.25) is 14.5 Å². The number of aliphatic hydroxyl groups excluding tert-OH is 1. The first-order valence-corrected chi connectivity index (χ1v) is 7.09. The fourth-order valence-electron chi connectivity index (χ4n) is 2.06. The standard InChI is InChI=1S/C13H16N2O3S/c1-9(17)19-8-10-5-13(18)15(6-10)12-4-2-3-11(7-16)14-12/h2-4,10,16H,5-8H2,1H3. The molecule has 1 N–H and O–H groups in total. The van der Waals surface area contributed by atoms with Gasteiger partial charge in [0.25, 0.3) is 0 Å². The van der Waals surface area contributed by atoms with E-state index in [1.807, 2.05) is 0 Å². The summed E-state index contributed by atoms with van der Waals surface area (Å²) in [5, 5.41) is 9.14. The minimum Gasteiger partial charge on any atom is -0.390 e. The van der Waals surface area contributed by atoms with Gasteiger partial charge in [0, 0.05) is 25.6 Å². The van der Waals surface area contributed by atoms with E-state index >= 15 is 0 Å². The van der Waals surface area contributed by atoms with E-state index in [2.05, 4.69) is 4.98 Å². The molecule has 0 bridgehead atoms. The number of anilines is 1. The fraction of sp³-hybridized carbons (Fsp3) is 0.462. The van der Waals surface area contributed by atoms with Gasteiger partial charge < -0.3 is 5.11 Å². The molecular weight excluding hydrogens is 264 g/mol. The Kier molecular flexibility index (Phi) is 4.55. The summed E-state index contributed by atoms with van der Waals surface area (Å²) in [7, 11) is 0. The molecule has 1 fully saturated rings. The van der Waals surface area contributed by atoms with Crippen molar-refractivity contribution in [3.05, 3.63) is 23.9 Å². The highest BCUT2D eigenvalue weighted by atomic mass is 32.2. The van der Waals surface area contributed by atoms with Gasteiger partial charge in [-0.25, -0.2) is 4.98 Å². The first-order valence-electron chi connectivity index (χ1n) is 6.10. The molecule has 1 saturated heterocycles. The van der Waals surface area contributed by atoms with Crippen molar-refractivity contribution in [1.29, 1.82) is 0 Å². The highest BCUT2D eigenvalue weighted by Gasteiger charge is 2.31. The summed E-state index contributed by atoms with van der Waals surface area (Å²) < 4.78 is 0. The molecule has 0 aromatic carbocycles. The largest absolute Gasteiger partial charge is 0.390 e. The van der Waals surface area contributed by atoms with Crippen molar-refractivity contribution in [3.8, 4) is 0 Å². The SMILES string of the molecule is CC(=O)SCC1CC(=O)N(c2cccc(CO)n2)C1. The lowest BCUT2D eigenvalue weighted by Gasteiger charge is -2.16. The normalized spacial score (nSPS) is 18.9. The van der Waals surface area contributed by atoms with Gasteiger partial charge in [0.05, 0.1) is 12.3 Å². The number of rotatable bonds is 4. The molecule has 1 aromatic heterocycles. The molecule has 1 atom stereocenters. The van der Waals surface area contributed by atoms with Gasteiger partial charge in [-0.2, -0.15) is 0 Å². The van der Waals surface area contributed by atoms with E-state index in [0.29, 0.717) is 30.2 Å². The van der Waals surface area contributed by atoms with Crippen molar-refractivity contribution in [1.82, 2.24) is 4.98 Å². The molecule has 2 heterocycles. The third-order valence-electron chi connectivity index (χ3n) is 2.96. The summed E-state index contributed by atoms with van der Waals surface area (Å²) in [6.07, 6.45) is 0.450. The molecule has 1 unspecified atom stereocenters. The summed E-state index contributed by atoms with van der Waals surface area (Å²) in [5.41, 5.74) is 0.548. The minimum atomic E-state index is -0.139. The molecule has 19 heavy (non-hydrogen) atoms. The Morgan fingerprint density at radius 1 is 1.58 bits per heavy atom. The fourth-order valence-corrected chi connectivity index (χ4v) is 2.75. The molecule has 102 valence electrons. The zero-order chi connectivity index (χ0) is 13.8. The predicted octanol–water partition coefficient (Wildman–Crippen LogP) is 1.21. The van der Waals surface area contributed by atoms with Gasteiger partial charge in [0.2, 0.25) is 5.91 Å². The number of amides is 1. The van der Waals surface area contributed by atoms with E-state index < -0.39 is 0 Å². The zero-order valence-electron chi connectivity index (χ0n) is 10.7. The molecule has 0 radical (unpaired) electrons. The van der Waals surface area contributed by atoms with Gasteiger partial charge in [-0.15, -0.1) is 0 Å². The van der Waals surface area contributed by atoms with Crippen molar-refractivity contribution < 1.29 is 14.7 Å². The first-order chi connectivity index (χ1) is 9.10. The summed E-state index contributed by atoms with van der Waals surface area (Å²) >= 11 is 1.26. The minimum absolute atomic E-state index is 0.0248. The second kappa shape index (κ2) is 6.16. The Bertz CT molecular complexity index is 493. The molecule has 1 amide bonds. The molecule has 1 aliphatic rings. The van der Waals surface area contributed by atoms with Crippen LogP contribution in [0.25, 0.3) is 0 Å². The topological polar surface area (TPSA) is 70.5 Å². The number of carbonyl (C=O) groups is 2. The maximum Gasteiger partial charge on any atom is 0.228 e. The second-order valence-electron chi connectivity index (χ2n) is 4.52. The van der Waals surface area contributed by atoms with Gasteiger partial charge >= 0.3 is 0 Å². The number of carbonyl (C=O) groups excluding carboxylic acids is 2. The Morgan fingerprint density at radius 3 is 3.05 bits per heavy atom. The van der Waals surface area contributed by atoms with Crippen LogP contribution in [0.4, 0.5) is 5.82 Å². The zero-order valence-corrected chi connectivity index (χ0v) is 11.5. The highest BCUT2D eigenvalue weighted by molar-refractivity contribution is 8.13. The third kappa shape index (κ3) is 3.54. The van der Waals surface area contributed by atoms with E-state index in [4.69, 9.17) is 5.11 Å². The smallest absolute Gasteiger partial charge is 0.228 e. The summed E-state index contributed by atoms with van der Waals surface area (Å²) in [4.78, 5) is 28.8. The van der Waals surface area contributed by atoms with Crippen molar-refractivity contribution in [2.75, 3.05) is 17.2 Å². The summed E-state index contributed by atoms with van der Waals surface area (Å²) in [6.45, 7) is 1.98. The van der Waals surface area contributed by atoms with E-state index in [1.54, 1.807) is 23.1 Å². The number of hydrogen-bond donors (Lipinski definition) is 1. The molecule has 1 aliphatic heterocycles. The number of pyridine rings is 1. The molecule has 0 aliphatic carbocycles. The Morgan fingerprint density at radius 2 is 2.37 bits per heavy atom. The quantitative estimate of drug-likeness (QED) is 0.897. The Balaban J connectivity index is 2.04. The van der Waals surface area contributed by atoms with E-state index in [1.165, 1.54) is 18.7 Å². The van der Waals surface area contributed by atoms with E-state index in [9.17, 15) is 9.59 Å². The number of aliphatic hydroxyl groups is 1. The van der Waals surface area contributed by atoms with Crippen LogP contribution in [0.2, 0.25) is 0 Å². The predicted molar refractivity (Wildman–Crippen MR) is 73.8 cm³/mol. The molecule has 0 saturated carbocycles. The van der Waals surface area contributed by atoms with Crippen LogP contribution in [0.3, 0.4) is 0 Å². The van der Waals surface area contributed by atoms with Crippen LogP contribution < -0.4 is 4.90 Å². The van der Waals surface area contributed by atoms with Crippen LogP contribution in [0, 0.1) is 5.92 Å². The lowest BCUT2D eigenvalue weighted by atomic mass is 10.1. The van der Waals surface area contributed by atoms with Crippen LogP contribution in [-0.4, -0.2) is 33.4 Å². The monoisotopic (exact) mass is 280 g/mol. The molecule has 6 heteroatoms. The molecular formula is C13H16N2O3S. The highest BCUT2D eigenvalue weighted by Crippen LogP contribution is 2.26. The maximum atomic E-state index is 12.0. The molecule has 5 nitrogen and oxygen atoms in total. The van der Waals surface area contributed by atoms with Crippen LogP contribution in [0.15, 0.2) is 18.2 Å². The van der Waals surface area contributed by atoms with E-state index in [0.717, 1.165) is 0 Å². The average molecular weight is 280 g/mol. The van der Waals surface area contributed by atoms with Crippen molar-refractivity contribution in [2.24, 2.45) is 5.92 Å². The summed E-state index contributed by atoms with van der Waals surface area (Å²) in [6, 6.07) is 5.25. The van der Waals surface area contributed by atoms with Crippen LogP contribution in [-0.2, 0) is 16.2 Å². The van der Waals surface area contributed by atoms with Crippen molar-refractivity contribution >= 4 is 28.6 Å². The Hall–Kier alpha value is -1.40. The van der Waals surface area contributed by atoms with Crippen molar-refractivity contribution in [2.45, 2.75) is 20.0 Å². The molecule has 0 spiro atoms. The lowest BCUT2D eigenvalue weighted by Crippen LogP contribution is -2.26. The number of hydrogen-bond acceptors (Lipinski definition) is 5. The van der Waals surface area contributed by atoms with Crippen LogP contribution in [0.5, 0.6) is 0 Å². The van der Waals surface area contributed by atoms with Gasteiger partial charge in [0.1, 0.15) is 5.82 Å². The average Bonchev–Trinajstić information content (AvgIpc) is 2.78. The third-order valence-corrected chi connectivity index (χ3v) is 4.00. The number of nitrogens with zero attached hydrogens (tertiary/aromatic N) is 2. The first kappa shape index (κ1) is 14.0. The molecule has 1 aromatic rings. The Labute approximate surface area is 116 Å². The summed E-state index contributed by atoms with van der Waals surface area (Å²) in [5.74, 6) is 1.45. The number of thioether (sulfide) groups is 1.